The maximum Gasteiger partial charge on any atom is 0.0695 e. The van der Waals surface area contributed by atoms with Gasteiger partial charge in [-0.05, 0) is 38.0 Å². The number of hydrogen-bond acceptors (Lipinski definition) is 1. The van der Waals surface area contributed by atoms with Gasteiger partial charge < -0.3 is 0 Å². The fraction of sp³-hybridized carbons (Fsp3) is 0.769. The normalized spacial score (nSPS) is 30.9. The number of nitrogens with zero attached hydrogens (tertiary/aromatic N) is 1. The fourth-order valence-corrected chi connectivity index (χ4v) is 3.02. The van der Waals surface area contributed by atoms with Crippen LogP contribution in [0.3, 0.4) is 0 Å². The molecule has 0 saturated heterocycles. The molecular formula is C13H19N. The van der Waals surface area contributed by atoms with E-state index in [9.17, 15) is 5.26 Å². The van der Waals surface area contributed by atoms with Crippen LogP contribution in [-0.4, -0.2) is 0 Å². The van der Waals surface area contributed by atoms with Gasteiger partial charge in [0.25, 0.3) is 0 Å². The predicted octanol–water partition coefficient (Wildman–Crippen LogP) is 3.82. The molecule has 2 aliphatic carbocycles. The van der Waals surface area contributed by atoms with Crippen molar-refractivity contribution < 1.29 is 0 Å². The summed E-state index contributed by atoms with van der Waals surface area (Å²) in [6.07, 6.45) is 14.5. The van der Waals surface area contributed by atoms with Crippen LogP contribution >= 0.6 is 0 Å². The van der Waals surface area contributed by atoms with Crippen LogP contribution in [0.2, 0.25) is 0 Å². The fourth-order valence-electron chi connectivity index (χ4n) is 3.02. The Morgan fingerprint density at radius 1 is 1.14 bits per heavy atom. The molecule has 1 nitrogen and oxygen atoms in total. The maximum absolute atomic E-state index is 9.41. The van der Waals surface area contributed by atoms with E-state index in [2.05, 4.69) is 18.2 Å². The summed E-state index contributed by atoms with van der Waals surface area (Å²) in [5.74, 6) is 0.557. The minimum Gasteiger partial charge on any atom is -0.198 e. The number of nitriles is 1. The molecule has 0 amide bonds. The van der Waals surface area contributed by atoms with E-state index in [1.807, 2.05) is 0 Å². The summed E-state index contributed by atoms with van der Waals surface area (Å²) in [6, 6.07) is 2.64. The van der Waals surface area contributed by atoms with E-state index < -0.39 is 0 Å². The minimum atomic E-state index is 0.00910. The van der Waals surface area contributed by atoms with Crippen molar-refractivity contribution in [2.75, 3.05) is 0 Å². The molecule has 0 radical (unpaired) electrons. The smallest absolute Gasteiger partial charge is 0.0695 e. The van der Waals surface area contributed by atoms with Gasteiger partial charge in [0.1, 0.15) is 0 Å². The molecule has 0 aliphatic heterocycles. The molecule has 0 bridgehead atoms. The third-order valence-electron chi connectivity index (χ3n) is 3.93. The van der Waals surface area contributed by atoms with E-state index in [1.165, 1.54) is 38.5 Å². The van der Waals surface area contributed by atoms with E-state index in [4.69, 9.17) is 0 Å². The molecule has 76 valence electrons. The van der Waals surface area contributed by atoms with Crippen molar-refractivity contribution in [3.8, 4) is 6.07 Å². The van der Waals surface area contributed by atoms with Gasteiger partial charge in [0.15, 0.2) is 0 Å². The van der Waals surface area contributed by atoms with Crippen molar-refractivity contribution in [2.24, 2.45) is 11.3 Å². The molecule has 2 aliphatic rings. The molecule has 1 atom stereocenters. The van der Waals surface area contributed by atoms with Crippen molar-refractivity contribution in [1.29, 1.82) is 5.26 Å². The van der Waals surface area contributed by atoms with Gasteiger partial charge in [-0.25, -0.2) is 0 Å². The standard InChI is InChI=1S/C13H19N/c14-11-13(9-5-2-6-10-13)12-7-3-1-4-8-12/h3,7,12H,1-2,4-6,8-10H2. The SMILES string of the molecule is N#CC1(C2C=CCCC2)CCCCC1. The van der Waals surface area contributed by atoms with Gasteiger partial charge in [0.2, 0.25) is 0 Å². The molecule has 0 aromatic rings. The monoisotopic (exact) mass is 189 g/mol. The molecular weight excluding hydrogens is 170 g/mol. The summed E-state index contributed by atoms with van der Waals surface area (Å²) < 4.78 is 0. The zero-order valence-corrected chi connectivity index (χ0v) is 8.84. The Bertz CT molecular complexity index is 253. The lowest BCUT2D eigenvalue weighted by molar-refractivity contribution is 0.183. The largest absolute Gasteiger partial charge is 0.198 e. The zero-order valence-electron chi connectivity index (χ0n) is 8.84. The van der Waals surface area contributed by atoms with Crippen LogP contribution in [0, 0.1) is 22.7 Å². The van der Waals surface area contributed by atoms with Gasteiger partial charge in [-0.3, -0.25) is 0 Å². The highest BCUT2D eigenvalue weighted by molar-refractivity contribution is 5.11. The summed E-state index contributed by atoms with van der Waals surface area (Å²) in [4.78, 5) is 0. The topological polar surface area (TPSA) is 23.8 Å². The Morgan fingerprint density at radius 2 is 1.93 bits per heavy atom. The van der Waals surface area contributed by atoms with E-state index in [-0.39, 0.29) is 5.41 Å². The lowest BCUT2D eigenvalue weighted by Crippen LogP contribution is -2.31. The van der Waals surface area contributed by atoms with Crippen LogP contribution in [0.15, 0.2) is 12.2 Å². The van der Waals surface area contributed by atoms with E-state index in [0.29, 0.717) is 5.92 Å². The second-order valence-electron chi connectivity index (χ2n) is 4.79. The summed E-state index contributed by atoms with van der Waals surface area (Å²) >= 11 is 0. The molecule has 1 unspecified atom stereocenters. The first kappa shape index (κ1) is 9.77. The Hall–Kier alpha value is -0.770. The van der Waals surface area contributed by atoms with E-state index in [0.717, 1.165) is 12.8 Å². The Morgan fingerprint density at radius 3 is 2.50 bits per heavy atom. The first-order valence-electron chi connectivity index (χ1n) is 5.95. The van der Waals surface area contributed by atoms with Crippen LogP contribution < -0.4 is 0 Å². The molecule has 1 heteroatoms. The van der Waals surface area contributed by atoms with Gasteiger partial charge in [-0.1, -0.05) is 31.4 Å². The van der Waals surface area contributed by atoms with Crippen LogP contribution in [0.25, 0.3) is 0 Å². The molecule has 0 aromatic carbocycles. The zero-order chi connectivity index (χ0) is 9.86. The Kier molecular flexibility index (Phi) is 2.91. The number of hydrogen-bond donors (Lipinski definition) is 0. The summed E-state index contributed by atoms with van der Waals surface area (Å²) in [6.45, 7) is 0. The van der Waals surface area contributed by atoms with Gasteiger partial charge >= 0.3 is 0 Å². The maximum atomic E-state index is 9.41. The predicted molar refractivity (Wildman–Crippen MR) is 57.6 cm³/mol. The summed E-state index contributed by atoms with van der Waals surface area (Å²) in [7, 11) is 0. The molecule has 2 rings (SSSR count). The highest BCUT2D eigenvalue weighted by Gasteiger charge is 2.38. The second kappa shape index (κ2) is 4.17. The summed E-state index contributed by atoms with van der Waals surface area (Å²) in [5.41, 5.74) is 0.00910. The highest BCUT2D eigenvalue weighted by atomic mass is 14.4. The molecule has 0 N–H and O–H groups in total. The molecule has 1 saturated carbocycles. The molecule has 14 heavy (non-hydrogen) atoms. The van der Waals surface area contributed by atoms with Crippen LogP contribution in [0.5, 0.6) is 0 Å². The van der Waals surface area contributed by atoms with E-state index >= 15 is 0 Å². The van der Waals surface area contributed by atoms with Crippen molar-refractivity contribution in [2.45, 2.75) is 51.4 Å². The number of rotatable bonds is 1. The molecule has 0 spiro atoms. The molecule has 1 fully saturated rings. The summed E-state index contributed by atoms with van der Waals surface area (Å²) in [5, 5.41) is 9.41. The first-order valence-corrected chi connectivity index (χ1v) is 5.95. The van der Waals surface area contributed by atoms with Crippen molar-refractivity contribution >= 4 is 0 Å². The highest BCUT2D eigenvalue weighted by Crippen LogP contribution is 2.45. The van der Waals surface area contributed by atoms with Crippen molar-refractivity contribution in [3.05, 3.63) is 12.2 Å². The van der Waals surface area contributed by atoms with Crippen LogP contribution in [-0.2, 0) is 0 Å². The van der Waals surface area contributed by atoms with E-state index in [1.54, 1.807) is 0 Å². The lowest BCUT2D eigenvalue weighted by atomic mass is 9.64. The van der Waals surface area contributed by atoms with Crippen molar-refractivity contribution in [1.82, 2.24) is 0 Å². The first-order chi connectivity index (χ1) is 6.87. The van der Waals surface area contributed by atoms with Gasteiger partial charge in [-0.15, -0.1) is 0 Å². The minimum absolute atomic E-state index is 0.00910. The van der Waals surface area contributed by atoms with Crippen LogP contribution in [0.1, 0.15) is 51.4 Å². The third-order valence-corrected chi connectivity index (χ3v) is 3.93. The van der Waals surface area contributed by atoms with Gasteiger partial charge in [-0.2, -0.15) is 5.26 Å². The third kappa shape index (κ3) is 1.71. The quantitative estimate of drug-likeness (QED) is 0.575. The molecule has 0 heterocycles. The van der Waals surface area contributed by atoms with Crippen molar-refractivity contribution in [3.63, 3.8) is 0 Å². The average Bonchev–Trinajstić information content (AvgIpc) is 2.31. The average molecular weight is 189 g/mol. The second-order valence-corrected chi connectivity index (χ2v) is 4.79. The molecule has 0 aromatic heterocycles. The Balaban J connectivity index is 2.14. The lowest BCUT2D eigenvalue weighted by Gasteiger charge is -2.37. The van der Waals surface area contributed by atoms with Gasteiger partial charge in [0, 0.05) is 0 Å². The number of allylic oxidation sites excluding steroid dienone is 2. The van der Waals surface area contributed by atoms with Crippen LogP contribution in [0.4, 0.5) is 0 Å². The Labute approximate surface area is 86.8 Å². The van der Waals surface area contributed by atoms with Gasteiger partial charge in [0.05, 0.1) is 11.5 Å².